The molecule has 0 spiro atoms. The van der Waals surface area contributed by atoms with Crippen LogP contribution in [0.15, 0.2) is 0 Å². The molecule has 0 aromatic heterocycles. The van der Waals surface area contributed by atoms with Crippen molar-refractivity contribution in [2.24, 2.45) is 11.8 Å². The molecule has 0 N–H and O–H groups in total. The van der Waals surface area contributed by atoms with Crippen molar-refractivity contribution in [1.29, 1.82) is 0 Å². The van der Waals surface area contributed by atoms with Crippen LogP contribution in [0.4, 0.5) is 8.78 Å². The minimum atomic E-state index is -4.37. The Balaban J connectivity index is 0.00000137. The summed E-state index contributed by atoms with van der Waals surface area (Å²) >= 11 is 0. The average molecular weight is 285 g/mol. The van der Waals surface area contributed by atoms with Gasteiger partial charge in [-0.1, -0.05) is 27.7 Å². The third-order valence-electron chi connectivity index (χ3n) is 2.87. The molecule has 0 saturated carbocycles. The van der Waals surface area contributed by atoms with E-state index in [1.165, 1.54) is 0 Å². The molecule has 6 heteroatoms. The Bertz CT molecular complexity index is 318. The number of alkyl halides is 2. The van der Waals surface area contributed by atoms with Gasteiger partial charge < -0.3 is 0 Å². The minimum Gasteiger partial charge on any atom is -0.206 e. The highest BCUT2D eigenvalue weighted by molar-refractivity contribution is 7.89. The Morgan fingerprint density at radius 3 is 2.28 bits per heavy atom. The van der Waals surface area contributed by atoms with Gasteiger partial charge in [0.05, 0.1) is 0 Å². The van der Waals surface area contributed by atoms with Crippen molar-refractivity contribution in [2.45, 2.75) is 52.7 Å². The predicted molar refractivity (Wildman–Crippen MR) is 70.0 cm³/mol. The van der Waals surface area contributed by atoms with Gasteiger partial charge in [-0.05, 0) is 31.1 Å². The molecular formula is C12H25F2NO2S. The summed E-state index contributed by atoms with van der Waals surface area (Å²) in [6.45, 7) is 8.60. The van der Waals surface area contributed by atoms with Crippen LogP contribution in [-0.4, -0.2) is 31.6 Å². The molecule has 0 aromatic rings. The maximum Gasteiger partial charge on any atom is 0.350 e. The summed E-state index contributed by atoms with van der Waals surface area (Å²) in [7, 11) is -4.37. The van der Waals surface area contributed by atoms with Crippen molar-refractivity contribution in [2.75, 3.05) is 13.1 Å². The molecule has 0 aliphatic carbocycles. The lowest BCUT2D eigenvalue weighted by molar-refractivity contribution is 0.193. The summed E-state index contributed by atoms with van der Waals surface area (Å²) in [5.41, 5.74) is 0. The molecule has 1 heterocycles. The molecule has 1 saturated heterocycles. The van der Waals surface area contributed by atoms with Crippen molar-refractivity contribution in [3.05, 3.63) is 0 Å². The molecule has 1 rings (SSSR count). The highest BCUT2D eigenvalue weighted by Gasteiger charge is 2.35. The largest absolute Gasteiger partial charge is 0.350 e. The number of hydrogen-bond donors (Lipinski definition) is 0. The van der Waals surface area contributed by atoms with Crippen LogP contribution < -0.4 is 0 Å². The van der Waals surface area contributed by atoms with E-state index >= 15 is 0 Å². The highest BCUT2D eigenvalue weighted by atomic mass is 32.2. The number of nitrogens with zero attached hydrogens (tertiary/aromatic N) is 1. The SMILES string of the molecule is CC.CC(C)CC1CCCN(S(=O)(=O)C(F)F)C1. The second kappa shape index (κ2) is 8.04. The van der Waals surface area contributed by atoms with Gasteiger partial charge in [0.1, 0.15) is 0 Å². The lowest BCUT2D eigenvalue weighted by Gasteiger charge is -2.32. The Morgan fingerprint density at radius 2 is 1.83 bits per heavy atom. The van der Waals surface area contributed by atoms with Crippen LogP contribution in [0.25, 0.3) is 0 Å². The van der Waals surface area contributed by atoms with E-state index in [4.69, 9.17) is 0 Å². The molecule has 110 valence electrons. The number of halogens is 2. The van der Waals surface area contributed by atoms with E-state index in [0.29, 0.717) is 12.3 Å². The lowest BCUT2D eigenvalue weighted by atomic mass is 9.91. The number of sulfonamides is 1. The zero-order valence-electron chi connectivity index (χ0n) is 11.7. The molecule has 1 aliphatic rings. The Morgan fingerprint density at radius 1 is 1.28 bits per heavy atom. The van der Waals surface area contributed by atoms with Gasteiger partial charge in [-0.2, -0.15) is 13.1 Å². The molecule has 1 fully saturated rings. The maximum atomic E-state index is 12.4. The van der Waals surface area contributed by atoms with E-state index in [-0.39, 0.29) is 19.0 Å². The molecule has 0 bridgehead atoms. The van der Waals surface area contributed by atoms with E-state index in [1.807, 2.05) is 13.8 Å². The fourth-order valence-electron chi connectivity index (χ4n) is 2.23. The first-order valence-corrected chi connectivity index (χ1v) is 8.11. The molecule has 1 atom stereocenters. The van der Waals surface area contributed by atoms with E-state index < -0.39 is 15.8 Å². The van der Waals surface area contributed by atoms with Crippen molar-refractivity contribution < 1.29 is 17.2 Å². The molecule has 1 unspecified atom stereocenters. The van der Waals surface area contributed by atoms with Gasteiger partial charge in [0.2, 0.25) is 0 Å². The van der Waals surface area contributed by atoms with Gasteiger partial charge in [-0.25, -0.2) is 8.42 Å². The van der Waals surface area contributed by atoms with Gasteiger partial charge in [-0.3, -0.25) is 0 Å². The molecular weight excluding hydrogens is 260 g/mol. The van der Waals surface area contributed by atoms with Gasteiger partial charge in [0, 0.05) is 13.1 Å². The highest BCUT2D eigenvalue weighted by Crippen LogP contribution is 2.26. The molecule has 0 aromatic carbocycles. The predicted octanol–water partition coefficient (Wildman–Crippen LogP) is 3.32. The Hall–Kier alpha value is -0.230. The first kappa shape index (κ1) is 17.8. The topological polar surface area (TPSA) is 37.4 Å². The molecule has 1 aliphatic heterocycles. The van der Waals surface area contributed by atoms with Crippen molar-refractivity contribution in [1.82, 2.24) is 4.31 Å². The third kappa shape index (κ3) is 5.18. The van der Waals surface area contributed by atoms with Crippen molar-refractivity contribution in [3.8, 4) is 0 Å². The van der Waals surface area contributed by atoms with Crippen LogP contribution in [-0.2, 0) is 10.0 Å². The van der Waals surface area contributed by atoms with Crippen LogP contribution in [0.5, 0.6) is 0 Å². The van der Waals surface area contributed by atoms with Gasteiger partial charge in [0.15, 0.2) is 0 Å². The fraction of sp³-hybridized carbons (Fsp3) is 1.00. The maximum absolute atomic E-state index is 12.4. The second-order valence-electron chi connectivity index (χ2n) is 4.80. The first-order valence-electron chi connectivity index (χ1n) is 6.61. The standard InChI is InChI=1S/C10H19F2NO2S.C2H6/c1-8(2)6-9-4-3-5-13(7-9)16(14,15)10(11)12;1-2/h8-10H,3-7H2,1-2H3;1-2H3. The third-order valence-corrected chi connectivity index (χ3v) is 4.37. The number of hydrogen-bond acceptors (Lipinski definition) is 2. The monoisotopic (exact) mass is 285 g/mol. The minimum absolute atomic E-state index is 0.224. The van der Waals surface area contributed by atoms with Gasteiger partial charge >= 0.3 is 5.76 Å². The Kier molecular flexibility index (Phi) is 7.94. The second-order valence-corrected chi connectivity index (χ2v) is 6.70. The summed E-state index contributed by atoms with van der Waals surface area (Å²) in [6, 6.07) is 0. The smallest absolute Gasteiger partial charge is 0.206 e. The zero-order chi connectivity index (χ0) is 14.3. The average Bonchev–Trinajstić information content (AvgIpc) is 2.31. The van der Waals surface area contributed by atoms with Crippen molar-refractivity contribution in [3.63, 3.8) is 0 Å². The summed E-state index contributed by atoms with van der Waals surface area (Å²) in [5, 5.41) is 0. The molecule has 18 heavy (non-hydrogen) atoms. The summed E-state index contributed by atoms with van der Waals surface area (Å²) in [6.07, 6.45) is 2.52. The first-order chi connectivity index (χ1) is 8.34. The fourth-order valence-corrected chi connectivity index (χ4v) is 3.26. The van der Waals surface area contributed by atoms with E-state index in [2.05, 4.69) is 13.8 Å². The van der Waals surface area contributed by atoms with Crippen LogP contribution in [0.2, 0.25) is 0 Å². The molecule has 0 radical (unpaired) electrons. The van der Waals surface area contributed by atoms with Gasteiger partial charge in [0.25, 0.3) is 10.0 Å². The number of piperidine rings is 1. The summed E-state index contributed by atoms with van der Waals surface area (Å²) in [4.78, 5) is 0. The van der Waals surface area contributed by atoms with E-state index in [1.54, 1.807) is 0 Å². The number of rotatable bonds is 4. The summed E-state index contributed by atoms with van der Waals surface area (Å²) < 4.78 is 48.3. The lowest BCUT2D eigenvalue weighted by Crippen LogP contribution is -2.42. The van der Waals surface area contributed by atoms with Crippen LogP contribution in [0, 0.1) is 11.8 Å². The van der Waals surface area contributed by atoms with Crippen LogP contribution in [0.1, 0.15) is 47.0 Å². The van der Waals surface area contributed by atoms with E-state index in [0.717, 1.165) is 17.1 Å². The summed E-state index contributed by atoms with van der Waals surface area (Å²) in [5.74, 6) is -2.59. The normalized spacial score (nSPS) is 21.9. The van der Waals surface area contributed by atoms with E-state index in [9.17, 15) is 17.2 Å². The van der Waals surface area contributed by atoms with Gasteiger partial charge in [-0.15, -0.1) is 0 Å². The molecule has 3 nitrogen and oxygen atoms in total. The van der Waals surface area contributed by atoms with Crippen molar-refractivity contribution >= 4 is 10.0 Å². The van der Waals surface area contributed by atoms with Crippen LogP contribution >= 0.6 is 0 Å². The quantitative estimate of drug-likeness (QED) is 0.794. The van der Waals surface area contributed by atoms with Crippen LogP contribution in [0.3, 0.4) is 0 Å². The zero-order valence-corrected chi connectivity index (χ0v) is 12.5. The Labute approximate surface area is 110 Å². The molecule has 0 amide bonds.